The molecule has 4 rings (SSSR count). The average Bonchev–Trinajstić information content (AvgIpc) is 3.49. The third-order valence-electron chi connectivity index (χ3n) is 6.93. The Morgan fingerprint density at radius 2 is 1.85 bits per heavy atom. The van der Waals surface area contributed by atoms with E-state index in [-0.39, 0.29) is 36.2 Å². The number of aromatic amines is 1. The fourth-order valence-electron chi connectivity index (χ4n) is 4.81. The van der Waals surface area contributed by atoms with E-state index in [1.165, 1.54) is 0 Å². The summed E-state index contributed by atoms with van der Waals surface area (Å²) in [5, 5.41) is 4.33. The number of hydrogen-bond acceptors (Lipinski definition) is 4. The first kappa shape index (κ1) is 24.7. The molecule has 4 N–H and O–H groups in total. The molecule has 2 fully saturated rings. The molecule has 2 aliphatic carbocycles. The minimum Gasteiger partial charge on any atom is -0.368 e. The van der Waals surface area contributed by atoms with Crippen molar-refractivity contribution in [2.24, 2.45) is 23.5 Å². The van der Waals surface area contributed by atoms with Gasteiger partial charge in [0.1, 0.15) is 11.8 Å². The van der Waals surface area contributed by atoms with Crippen LogP contribution in [0.5, 0.6) is 0 Å². The highest BCUT2D eigenvalue weighted by atomic mass is 35.5. The number of benzene rings is 1. The molecular formula is C25H29Cl2N3O4. The second-order valence-corrected chi connectivity index (χ2v) is 10.5. The van der Waals surface area contributed by atoms with E-state index in [0.717, 1.165) is 25.7 Å². The number of rotatable bonds is 10. The lowest BCUT2D eigenvalue weighted by Gasteiger charge is -2.26. The molecule has 1 aromatic carbocycles. The molecule has 7 nitrogen and oxygen atoms in total. The number of primary amides is 1. The molecule has 2 saturated carbocycles. The molecule has 0 aliphatic heterocycles. The minimum atomic E-state index is -0.926. The molecule has 3 atom stereocenters. The summed E-state index contributed by atoms with van der Waals surface area (Å²) in [4.78, 5) is 53.6. The molecule has 2 amide bonds. The van der Waals surface area contributed by atoms with Crippen LogP contribution in [0.3, 0.4) is 0 Å². The Labute approximate surface area is 208 Å². The molecule has 0 saturated heterocycles. The largest absolute Gasteiger partial charge is 0.368 e. The Bertz CT molecular complexity index is 1120. The summed E-state index contributed by atoms with van der Waals surface area (Å²) >= 11 is 12.3. The molecule has 0 unspecified atom stereocenters. The van der Waals surface area contributed by atoms with Crippen molar-refractivity contribution in [1.82, 2.24) is 10.3 Å². The SMILES string of the molecule is NC(=O)[C@H](C[C@@H]1CCCCC1=O)NC(=O)[C@@H](CC(=O)c1cc2c(Cl)cc(Cl)cc2[nH]1)CC1CC1. The van der Waals surface area contributed by atoms with Crippen LogP contribution in [0.1, 0.15) is 68.3 Å². The second kappa shape index (κ2) is 10.5. The first-order valence-corrected chi connectivity index (χ1v) is 12.6. The fourth-order valence-corrected chi connectivity index (χ4v) is 5.36. The maximum atomic E-state index is 13.2. The zero-order chi connectivity index (χ0) is 24.4. The smallest absolute Gasteiger partial charge is 0.240 e. The van der Waals surface area contributed by atoms with Gasteiger partial charge in [0.25, 0.3) is 0 Å². The number of carbonyl (C=O) groups is 4. The van der Waals surface area contributed by atoms with Gasteiger partial charge in [0.15, 0.2) is 5.78 Å². The predicted octanol–water partition coefficient (Wildman–Crippen LogP) is 4.58. The molecule has 0 radical (unpaired) electrons. The van der Waals surface area contributed by atoms with Crippen LogP contribution in [-0.4, -0.2) is 34.4 Å². The molecule has 9 heteroatoms. The number of halogens is 2. The number of ketones is 2. The molecule has 2 aliphatic rings. The topological polar surface area (TPSA) is 122 Å². The van der Waals surface area contributed by atoms with E-state index in [4.69, 9.17) is 28.9 Å². The second-order valence-electron chi connectivity index (χ2n) is 9.64. The van der Waals surface area contributed by atoms with Gasteiger partial charge in [0.2, 0.25) is 11.8 Å². The lowest BCUT2D eigenvalue weighted by molar-refractivity contribution is -0.132. The number of nitrogens with two attached hydrogens (primary N) is 1. The van der Waals surface area contributed by atoms with E-state index in [0.29, 0.717) is 51.8 Å². The number of H-pyrrole nitrogens is 1. The highest BCUT2D eigenvalue weighted by Gasteiger charge is 2.34. The summed E-state index contributed by atoms with van der Waals surface area (Å²) in [6.45, 7) is 0. The van der Waals surface area contributed by atoms with Crippen molar-refractivity contribution in [2.75, 3.05) is 0 Å². The molecule has 0 bridgehead atoms. The van der Waals surface area contributed by atoms with Crippen LogP contribution in [0.2, 0.25) is 10.0 Å². The molecule has 182 valence electrons. The predicted molar refractivity (Wildman–Crippen MR) is 131 cm³/mol. The van der Waals surface area contributed by atoms with Crippen LogP contribution in [0.4, 0.5) is 0 Å². The van der Waals surface area contributed by atoms with Gasteiger partial charge in [-0.3, -0.25) is 19.2 Å². The number of Topliss-reactive ketones (excluding diaryl/α,β-unsaturated/α-hetero) is 2. The minimum absolute atomic E-state index is 0.00561. The van der Waals surface area contributed by atoms with Gasteiger partial charge in [-0.1, -0.05) is 42.5 Å². The van der Waals surface area contributed by atoms with Crippen molar-refractivity contribution in [2.45, 2.75) is 63.8 Å². The standard InChI is InChI=1S/C25H29Cl2N3O4/c26-16-10-18(27)17-12-20(29-19(17)11-16)23(32)9-15(7-13-5-6-13)25(34)30-21(24(28)33)8-14-3-1-2-4-22(14)31/h10-15,21,29H,1-9H2,(H2,28,33)(H,30,34)/t14-,15+,21-/m0/s1. The van der Waals surface area contributed by atoms with Crippen molar-refractivity contribution in [3.05, 3.63) is 33.9 Å². The van der Waals surface area contributed by atoms with E-state index in [2.05, 4.69) is 10.3 Å². The van der Waals surface area contributed by atoms with E-state index in [9.17, 15) is 19.2 Å². The number of amides is 2. The van der Waals surface area contributed by atoms with Gasteiger partial charge in [-0.05, 0) is 49.8 Å². The Morgan fingerprint density at radius 1 is 1.09 bits per heavy atom. The van der Waals surface area contributed by atoms with Gasteiger partial charge in [0.05, 0.1) is 10.7 Å². The van der Waals surface area contributed by atoms with Crippen molar-refractivity contribution in [3.63, 3.8) is 0 Å². The lowest BCUT2D eigenvalue weighted by Crippen LogP contribution is -2.48. The Balaban J connectivity index is 1.46. The molecular weight excluding hydrogens is 477 g/mol. The van der Waals surface area contributed by atoms with Crippen LogP contribution in [-0.2, 0) is 14.4 Å². The van der Waals surface area contributed by atoms with Crippen molar-refractivity contribution in [3.8, 4) is 0 Å². The van der Waals surface area contributed by atoms with Crippen molar-refractivity contribution < 1.29 is 19.2 Å². The van der Waals surface area contributed by atoms with Crippen molar-refractivity contribution in [1.29, 1.82) is 0 Å². The monoisotopic (exact) mass is 505 g/mol. The Morgan fingerprint density at radius 3 is 2.53 bits per heavy atom. The molecule has 1 heterocycles. The average molecular weight is 506 g/mol. The highest BCUT2D eigenvalue weighted by molar-refractivity contribution is 6.38. The number of aromatic nitrogens is 1. The van der Waals surface area contributed by atoms with E-state index in [1.54, 1.807) is 18.2 Å². The van der Waals surface area contributed by atoms with E-state index in [1.807, 2.05) is 0 Å². The summed E-state index contributed by atoms with van der Waals surface area (Å²) < 4.78 is 0. The van der Waals surface area contributed by atoms with Crippen LogP contribution >= 0.6 is 23.2 Å². The van der Waals surface area contributed by atoms with Crippen molar-refractivity contribution >= 4 is 57.5 Å². The zero-order valence-electron chi connectivity index (χ0n) is 18.9. The van der Waals surface area contributed by atoms with Crippen LogP contribution < -0.4 is 11.1 Å². The van der Waals surface area contributed by atoms with E-state index >= 15 is 0 Å². The number of carbonyl (C=O) groups excluding carboxylic acids is 4. The van der Waals surface area contributed by atoms with Gasteiger partial charge in [-0.15, -0.1) is 0 Å². The summed E-state index contributed by atoms with van der Waals surface area (Å²) in [6.07, 6.45) is 5.81. The zero-order valence-corrected chi connectivity index (χ0v) is 20.4. The third-order valence-corrected chi connectivity index (χ3v) is 7.46. The van der Waals surface area contributed by atoms with E-state index < -0.39 is 17.9 Å². The van der Waals surface area contributed by atoms with Crippen LogP contribution in [0.25, 0.3) is 10.9 Å². The molecule has 34 heavy (non-hydrogen) atoms. The Hall–Kier alpha value is -2.38. The lowest BCUT2D eigenvalue weighted by atomic mass is 9.83. The van der Waals surface area contributed by atoms with Crippen LogP contribution in [0.15, 0.2) is 18.2 Å². The quantitative estimate of drug-likeness (QED) is 0.408. The summed E-state index contributed by atoms with van der Waals surface area (Å²) in [5.41, 5.74) is 6.56. The number of nitrogens with one attached hydrogen (secondary N) is 2. The first-order chi connectivity index (χ1) is 16.2. The van der Waals surface area contributed by atoms with Gasteiger partial charge in [-0.25, -0.2) is 0 Å². The van der Waals surface area contributed by atoms with Gasteiger partial charge in [-0.2, -0.15) is 0 Å². The Kier molecular flexibility index (Phi) is 7.63. The molecule has 0 spiro atoms. The normalized spacial score (nSPS) is 20.2. The van der Waals surface area contributed by atoms with Gasteiger partial charge in [0, 0.05) is 40.6 Å². The fraction of sp³-hybridized carbons (Fsp3) is 0.520. The van der Waals surface area contributed by atoms with Crippen LogP contribution in [0, 0.1) is 17.8 Å². The maximum absolute atomic E-state index is 13.2. The van der Waals surface area contributed by atoms with Gasteiger partial charge < -0.3 is 16.0 Å². The molecule has 2 aromatic rings. The summed E-state index contributed by atoms with van der Waals surface area (Å²) in [7, 11) is 0. The maximum Gasteiger partial charge on any atom is 0.240 e. The highest BCUT2D eigenvalue weighted by Crippen LogP contribution is 2.37. The number of hydrogen-bond donors (Lipinski definition) is 3. The molecule has 1 aromatic heterocycles. The van der Waals surface area contributed by atoms with Gasteiger partial charge >= 0.3 is 0 Å². The number of fused-ring (bicyclic) bond motifs is 1. The summed E-state index contributed by atoms with van der Waals surface area (Å²) in [6, 6.07) is 4.05. The third kappa shape index (κ3) is 5.99. The summed E-state index contributed by atoms with van der Waals surface area (Å²) in [5.74, 6) is -1.59. The first-order valence-electron chi connectivity index (χ1n) is 11.8.